The van der Waals surface area contributed by atoms with E-state index in [2.05, 4.69) is 24.1 Å². The van der Waals surface area contributed by atoms with Crippen molar-refractivity contribution < 1.29 is 0 Å². The Morgan fingerprint density at radius 1 is 1.11 bits per heavy atom. The smallest absolute Gasteiger partial charge is 0.0102 e. The topological polar surface area (TPSA) is 39.1 Å². The van der Waals surface area contributed by atoms with Gasteiger partial charge in [0.2, 0.25) is 0 Å². The van der Waals surface area contributed by atoms with Gasteiger partial charge in [0.25, 0.3) is 0 Å². The minimum absolute atomic E-state index is 0. The number of hydrogen-bond acceptors (Lipinski definition) is 3. The van der Waals surface area contributed by atoms with Gasteiger partial charge in [-0.25, -0.2) is 0 Å². The van der Waals surface area contributed by atoms with Crippen LogP contribution in [0, 0.1) is 5.41 Å². The van der Waals surface area contributed by atoms with Crippen LogP contribution < -0.4 is 5.32 Å². The summed E-state index contributed by atoms with van der Waals surface area (Å²) in [7, 11) is 1.92. The lowest BCUT2D eigenvalue weighted by molar-refractivity contribution is 0.240. The van der Waals surface area contributed by atoms with Crippen LogP contribution in [0.5, 0.6) is 0 Å². The molecule has 0 atom stereocenters. The number of rotatable bonds is 6. The van der Waals surface area contributed by atoms with E-state index >= 15 is 0 Å². The van der Waals surface area contributed by atoms with Gasteiger partial charge in [-0.05, 0) is 52.4 Å². The third-order valence-corrected chi connectivity index (χ3v) is 3.12. The predicted molar refractivity (Wildman–Crippen MR) is 83.9 cm³/mol. The van der Waals surface area contributed by atoms with Crippen molar-refractivity contribution in [1.82, 2.24) is 10.2 Å². The van der Waals surface area contributed by atoms with Crippen LogP contribution in [0.3, 0.4) is 0 Å². The molecule has 0 saturated carbocycles. The summed E-state index contributed by atoms with van der Waals surface area (Å²) in [4.78, 5) is 2.52. The van der Waals surface area contributed by atoms with Gasteiger partial charge in [0.1, 0.15) is 0 Å². The molecule has 0 unspecified atom stereocenters. The zero-order chi connectivity index (χ0) is 12.9. The fourth-order valence-corrected chi connectivity index (χ4v) is 1.98. The zero-order valence-corrected chi connectivity index (χ0v) is 12.0. The highest BCUT2D eigenvalue weighted by molar-refractivity contribution is 5.81. The Morgan fingerprint density at radius 2 is 1.72 bits per heavy atom. The first-order chi connectivity index (χ1) is 8.24. The normalized spacial score (nSPS) is 15.3. The number of likely N-dealkylation sites (tertiary alicyclic amines) is 1. The second-order valence-corrected chi connectivity index (χ2v) is 4.70. The minimum atomic E-state index is 0. The highest BCUT2D eigenvalue weighted by Gasteiger charge is 2.05. The molecular formula is C15H35N3. The Kier molecular flexibility index (Phi) is 16.2. The second-order valence-electron chi connectivity index (χ2n) is 4.70. The third-order valence-electron chi connectivity index (χ3n) is 3.12. The molecule has 0 aromatic carbocycles. The molecule has 1 aliphatic rings. The molecule has 1 rings (SSSR count). The van der Waals surface area contributed by atoms with E-state index in [1.807, 2.05) is 7.05 Å². The van der Waals surface area contributed by atoms with Gasteiger partial charge in [-0.15, -0.1) is 0 Å². The van der Waals surface area contributed by atoms with Gasteiger partial charge in [0.05, 0.1) is 0 Å². The molecular weight excluding hydrogens is 222 g/mol. The molecule has 1 fully saturated rings. The predicted octanol–water partition coefficient (Wildman–Crippen LogP) is 3.54. The summed E-state index contributed by atoms with van der Waals surface area (Å²) >= 11 is 0. The first kappa shape index (κ1) is 19.9. The van der Waals surface area contributed by atoms with Crippen molar-refractivity contribution >= 4 is 5.71 Å². The first-order valence-corrected chi connectivity index (χ1v) is 7.17. The van der Waals surface area contributed by atoms with E-state index < -0.39 is 0 Å². The van der Waals surface area contributed by atoms with Crippen molar-refractivity contribution in [3.05, 3.63) is 0 Å². The molecule has 0 bridgehead atoms. The molecule has 3 nitrogen and oxygen atoms in total. The number of nitrogens with zero attached hydrogens (tertiary/aromatic N) is 1. The molecule has 0 radical (unpaired) electrons. The lowest BCUT2D eigenvalue weighted by Crippen LogP contribution is -2.29. The zero-order valence-electron chi connectivity index (χ0n) is 12.0. The molecule has 0 spiro atoms. The molecule has 2 N–H and O–H groups in total. The molecule has 1 heterocycles. The lowest BCUT2D eigenvalue weighted by Gasteiger charge is -2.24. The lowest BCUT2D eigenvalue weighted by atomic mass is 10.1. The highest BCUT2D eigenvalue weighted by atomic mass is 15.1. The van der Waals surface area contributed by atoms with Crippen molar-refractivity contribution in [1.29, 1.82) is 5.41 Å². The summed E-state index contributed by atoms with van der Waals surface area (Å²) in [5.74, 6) is 0. The maximum atomic E-state index is 7.35. The van der Waals surface area contributed by atoms with Crippen molar-refractivity contribution in [3.63, 3.8) is 0 Å². The maximum Gasteiger partial charge on any atom is 0.0102 e. The van der Waals surface area contributed by atoms with Crippen molar-refractivity contribution in [2.75, 3.05) is 33.2 Å². The summed E-state index contributed by atoms with van der Waals surface area (Å²) in [5, 5.41) is 10.4. The number of nitrogens with one attached hydrogen (secondary N) is 2. The average Bonchev–Trinajstić information content (AvgIpc) is 2.38. The van der Waals surface area contributed by atoms with Crippen molar-refractivity contribution in [2.24, 2.45) is 0 Å². The van der Waals surface area contributed by atoms with Gasteiger partial charge < -0.3 is 15.6 Å². The van der Waals surface area contributed by atoms with Crippen LogP contribution in [-0.4, -0.2) is 43.8 Å². The van der Waals surface area contributed by atoms with Crippen molar-refractivity contribution in [2.45, 2.75) is 59.8 Å². The number of piperidine rings is 1. The van der Waals surface area contributed by atoms with Crippen LogP contribution in [0.1, 0.15) is 59.8 Å². The Hall–Kier alpha value is -0.410. The van der Waals surface area contributed by atoms with Crippen LogP contribution in [-0.2, 0) is 0 Å². The van der Waals surface area contributed by atoms with Gasteiger partial charge in [-0.3, -0.25) is 0 Å². The van der Waals surface area contributed by atoms with E-state index in [1.165, 1.54) is 38.9 Å². The standard InChI is InChI=1S/C7H16N2.C7H15N.CH4/c1-3-4-7(8)5-6-9-2;1-2-8-6-4-3-5-7-8;/h8-9H,3-6H2,1-2H3;2-7H2,1H3;1H4. The van der Waals surface area contributed by atoms with E-state index in [1.54, 1.807) is 0 Å². The molecule has 0 aromatic rings. The van der Waals surface area contributed by atoms with E-state index in [0.29, 0.717) is 0 Å². The second kappa shape index (κ2) is 14.7. The maximum absolute atomic E-state index is 7.35. The molecule has 3 heteroatoms. The van der Waals surface area contributed by atoms with E-state index in [-0.39, 0.29) is 7.43 Å². The SMILES string of the molecule is C.CCCC(=N)CCNC.CCN1CCCCC1. The molecule has 110 valence electrons. The summed E-state index contributed by atoms with van der Waals surface area (Å²) < 4.78 is 0. The van der Waals surface area contributed by atoms with Crippen LogP contribution in [0.2, 0.25) is 0 Å². The minimum Gasteiger partial charge on any atom is -0.319 e. The fraction of sp³-hybridized carbons (Fsp3) is 0.933. The van der Waals surface area contributed by atoms with Crippen LogP contribution in [0.15, 0.2) is 0 Å². The molecule has 18 heavy (non-hydrogen) atoms. The van der Waals surface area contributed by atoms with E-state index in [4.69, 9.17) is 5.41 Å². The quantitative estimate of drug-likeness (QED) is 0.714. The summed E-state index contributed by atoms with van der Waals surface area (Å²) in [6.45, 7) is 9.23. The summed E-state index contributed by atoms with van der Waals surface area (Å²) in [6, 6.07) is 0. The van der Waals surface area contributed by atoms with Crippen LogP contribution in [0.25, 0.3) is 0 Å². The molecule has 0 amide bonds. The Bertz CT molecular complexity index is 175. The summed E-state index contributed by atoms with van der Waals surface area (Å²) in [5.41, 5.74) is 0.867. The highest BCUT2D eigenvalue weighted by Crippen LogP contribution is 2.06. The Morgan fingerprint density at radius 3 is 2.11 bits per heavy atom. The van der Waals surface area contributed by atoms with Crippen LogP contribution >= 0.6 is 0 Å². The number of hydrogen-bond donors (Lipinski definition) is 2. The largest absolute Gasteiger partial charge is 0.319 e. The van der Waals surface area contributed by atoms with Gasteiger partial charge in [-0.2, -0.15) is 0 Å². The van der Waals surface area contributed by atoms with Gasteiger partial charge >= 0.3 is 0 Å². The van der Waals surface area contributed by atoms with Gasteiger partial charge in [0.15, 0.2) is 0 Å². The van der Waals surface area contributed by atoms with E-state index in [0.717, 1.165) is 31.5 Å². The van der Waals surface area contributed by atoms with E-state index in [9.17, 15) is 0 Å². The summed E-state index contributed by atoms with van der Waals surface area (Å²) in [6.07, 6.45) is 7.27. The van der Waals surface area contributed by atoms with Crippen LogP contribution in [0.4, 0.5) is 0 Å². The Balaban J connectivity index is 0. The molecule has 1 aliphatic heterocycles. The van der Waals surface area contributed by atoms with Crippen molar-refractivity contribution in [3.8, 4) is 0 Å². The van der Waals surface area contributed by atoms with Gasteiger partial charge in [-0.1, -0.05) is 34.1 Å². The Labute approximate surface area is 115 Å². The molecule has 0 aliphatic carbocycles. The molecule has 0 aromatic heterocycles. The van der Waals surface area contributed by atoms with Gasteiger partial charge in [0, 0.05) is 12.3 Å². The molecule has 1 saturated heterocycles. The monoisotopic (exact) mass is 257 g/mol. The fourth-order valence-electron chi connectivity index (χ4n) is 1.98. The first-order valence-electron chi connectivity index (χ1n) is 7.17. The average molecular weight is 257 g/mol. The third kappa shape index (κ3) is 12.1.